The summed E-state index contributed by atoms with van der Waals surface area (Å²) in [6, 6.07) is 58.1. The van der Waals surface area contributed by atoms with E-state index in [1.165, 1.54) is 21.2 Å². The Bertz CT molecular complexity index is 3580. The van der Waals surface area contributed by atoms with Crippen LogP contribution in [0.4, 0.5) is 0 Å². The van der Waals surface area contributed by atoms with Gasteiger partial charge in [-0.2, -0.15) is 0 Å². The average Bonchev–Trinajstić information content (AvgIpc) is 2.11. The molecule has 8 aromatic carbocycles. The fraction of sp³-hybridized carbons (Fsp3) is 0.364. The zero-order valence-corrected chi connectivity index (χ0v) is 54.9. The number of ether oxygens (including phenoxy) is 7. The second-order valence-electron chi connectivity index (χ2n) is 24.3. The van der Waals surface area contributed by atoms with Crippen molar-refractivity contribution in [2.45, 2.75) is 154 Å². The molecule has 13 rings (SSSR count). The average molecular weight is 1260 g/mol. The SMILES string of the molecule is CCCCCC1c2cc3c4cc2OCOc2cc5c(cc21)[C@@H](CCCCC)c1cc(c(O)c([PH+](c2ccccc2)c2ccccc2)c1OCO5)[C@H](CCCCC)c1cc(c(c2c1OC[P+]2(c1ccccc1)c1ccccc1)OCO4)C3CCCCC.[CH3-].[Ni]. The first-order valence-electron chi connectivity index (χ1n) is 32.3. The van der Waals surface area contributed by atoms with Crippen molar-refractivity contribution < 1.29 is 54.8 Å². The van der Waals surface area contributed by atoms with Crippen LogP contribution in [0.5, 0.6) is 46.0 Å². The number of rotatable bonds is 21. The van der Waals surface area contributed by atoms with E-state index in [0.29, 0.717) is 12.1 Å². The van der Waals surface area contributed by atoms with E-state index in [9.17, 15) is 5.11 Å². The van der Waals surface area contributed by atoms with Crippen LogP contribution in [-0.4, -0.2) is 31.8 Å². The van der Waals surface area contributed by atoms with Crippen molar-refractivity contribution in [2.75, 3.05) is 26.7 Å². The van der Waals surface area contributed by atoms with Crippen molar-refractivity contribution in [1.29, 1.82) is 0 Å². The summed E-state index contributed by atoms with van der Waals surface area (Å²) in [6.45, 7) is 9.13. The molecule has 0 saturated carbocycles. The van der Waals surface area contributed by atoms with Crippen molar-refractivity contribution in [3.63, 3.8) is 0 Å². The molecule has 11 heteroatoms. The van der Waals surface area contributed by atoms with E-state index in [4.69, 9.17) is 33.2 Å². The van der Waals surface area contributed by atoms with E-state index >= 15 is 0 Å². The zero-order chi connectivity index (χ0) is 58.6. The van der Waals surface area contributed by atoms with Gasteiger partial charge in [-0.25, -0.2) is 0 Å². The minimum Gasteiger partial charge on any atom is -0.504 e. The standard InChI is InChI=1S/C76H82O8P2.CH3.Ni/c1-5-9-17-37-55-59-41-61-56(38-18-10-6-2)64-43-63-58(40-20-12-8-4)66-44-65-57(39-19-11-7-3)62-42-60(55)68(46-70(62)81-49-83-73(65)76-74(66)84-50-86(76,53-33-25-15-26-34-53)54-35-27-16-28-36-54)79-47-78-67(59)45-69(61)80-48-82-72(64)75(71(63)77)85(51-29-21-13-22-30-51)52-31-23-14-24-32-52;;/h13-16,21-36,41-46,55-58H,5-12,17-20,37-40,47-50H2,1-4H3;1H3;/q;-1;/p+2/t55?,56-,57?,58+;;/m1../s1. The number of unbranched alkanes of at least 4 members (excludes halogenated alkanes) is 8. The van der Waals surface area contributed by atoms with Crippen LogP contribution >= 0.6 is 15.2 Å². The number of hydrogen-bond donors (Lipinski definition) is 1. The predicted octanol–water partition coefficient (Wildman–Crippen LogP) is 17.3. The molecule has 4 aliphatic heterocycles. The minimum atomic E-state index is -2.65. The van der Waals surface area contributed by atoms with Crippen molar-refractivity contribution >= 4 is 47.0 Å². The summed E-state index contributed by atoms with van der Waals surface area (Å²) in [5.41, 5.74) is 8.85. The summed E-state index contributed by atoms with van der Waals surface area (Å²) >= 11 is 0. The Morgan fingerprint density at radius 1 is 0.386 bits per heavy atom. The van der Waals surface area contributed by atoms with Gasteiger partial charge in [-0.05, 0) is 98.5 Å². The monoisotopic (exact) mass is 1260 g/mol. The van der Waals surface area contributed by atoms with Crippen molar-refractivity contribution in [3.05, 3.63) is 210 Å². The number of phenolic OH excluding ortho intramolecular Hbond substituents is 1. The predicted molar refractivity (Wildman–Crippen MR) is 360 cm³/mol. The Labute approximate surface area is 535 Å². The van der Waals surface area contributed by atoms with Crippen LogP contribution < -0.4 is 65.0 Å². The first-order valence-corrected chi connectivity index (χ1v) is 35.8. The van der Waals surface area contributed by atoms with Crippen molar-refractivity contribution in [3.8, 4) is 46.0 Å². The van der Waals surface area contributed by atoms with Crippen LogP contribution in [0.3, 0.4) is 0 Å². The summed E-state index contributed by atoms with van der Waals surface area (Å²) in [5, 5.41) is 21.1. The van der Waals surface area contributed by atoms with Gasteiger partial charge in [0.1, 0.15) is 52.1 Å². The van der Waals surface area contributed by atoms with Gasteiger partial charge in [-0.1, -0.05) is 178 Å². The summed E-state index contributed by atoms with van der Waals surface area (Å²) in [7, 11) is -4.64. The molecule has 88 heavy (non-hydrogen) atoms. The zero-order valence-electron chi connectivity index (χ0n) is 52.0. The smallest absolute Gasteiger partial charge is 0.231 e. The molecule has 2 unspecified atom stereocenters. The summed E-state index contributed by atoms with van der Waals surface area (Å²) < 4.78 is 50.1. The molecule has 0 saturated heterocycles. The Kier molecular flexibility index (Phi) is 20.5. The normalized spacial score (nSPS) is 17.9. The molecule has 0 aromatic heterocycles. The van der Waals surface area contributed by atoms with Gasteiger partial charge in [0.05, 0.1) is 0 Å². The molecule has 4 atom stereocenters. The number of benzene rings is 8. The van der Waals surface area contributed by atoms with Gasteiger partial charge in [-0.3, -0.25) is 0 Å². The first kappa shape index (κ1) is 63.1. The first-order chi connectivity index (χ1) is 42.4. The van der Waals surface area contributed by atoms with Gasteiger partial charge in [0.15, 0.2) is 40.9 Å². The molecular formula is C77H87NiO8P2+. The maximum atomic E-state index is 14.3. The molecule has 1 aliphatic carbocycles. The molecule has 0 radical (unpaired) electrons. The molecule has 8 bridgehead atoms. The molecule has 0 spiro atoms. The minimum absolute atomic E-state index is 0. The van der Waals surface area contributed by atoms with E-state index < -0.39 is 15.2 Å². The van der Waals surface area contributed by atoms with Crippen LogP contribution in [0.2, 0.25) is 0 Å². The van der Waals surface area contributed by atoms with Crippen LogP contribution in [-0.2, 0) is 16.5 Å². The largest absolute Gasteiger partial charge is 0.504 e. The molecule has 4 heterocycles. The summed E-state index contributed by atoms with van der Waals surface area (Å²) in [4.78, 5) is 0. The fourth-order valence-electron chi connectivity index (χ4n) is 14.8. The van der Waals surface area contributed by atoms with Crippen LogP contribution in [0.15, 0.2) is 158 Å². The second-order valence-corrected chi connectivity index (χ2v) is 30.1. The topological polar surface area (TPSA) is 84.8 Å². The number of phenols is 1. The molecule has 5 aliphatic rings. The second kappa shape index (κ2) is 28.6. The van der Waals surface area contributed by atoms with Gasteiger partial charge in [0.25, 0.3) is 0 Å². The Morgan fingerprint density at radius 3 is 1.14 bits per heavy atom. The van der Waals surface area contributed by atoms with Gasteiger partial charge in [-0.15, -0.1) is 0 Å². The Hall–Kier alpha value is -6.49. The number of aromatic hydroxyl groups is 1. The van der Waals surface area contributed by atoms with E-state index in [0.717, 1.165) is 198 Å². The molecule has 8 nitrogen and oxygen atoms in total. The third kappa shape index (κ3) is 11.8. The maximum Gasteiger partial charge on any atom is 0.231 e. The Morgan fingerprint density at radius 2 is 0.716 bits per heavy atom. The molecular weight excluding hydrogens is 1170 g/mol. The summed E-state index contributed by atoms with van der Waals surface area (Å²) in [5.74, 6) is 5.16. The van der Waals surface area contributed by atoms with Crippen molar-refractivity contribution in [2.24, 2.45) is 0 Å². The summed E-state index contributed by atoms with van der Waals surface area (Å²) in [6.07, 6.45) is 16.5. The molecule has 8 aromatic rings. The molecule has 0 fully saturated rings. The third-order valence-corrected chi connectivity index (χ3v) is 25.9. The van der Waals surface area contributed by atoms with E-state index in [-0.39, 0.29) is 68.0 Å². The molecule has 462 valence electrons. The van der Waals surface area contributed by atoms with Gasteiger partial charge in [0, 0.05) is 96.8 Å². The fourth-order valence-corrected chi connectivity index (χ4v) is 21.6. The van der Waals surface area contributed by atoms with Gasteiger partial charge in [0.2, 0.25) is 26.7 Å². The number of hydrogen-bond acceptors (Lipinski definition) is 8. The van der Waals surface area contributed by atoms with Crippen molar-refractivity contribution in [1.82, 2.24) is 0 Å². The van der Waals surface area contributed by atoms with Crippen LogP contribution in [0.1, 0.15) is 199 Å². The van der Waals surface area contributed by atoms with Gasteiger partial charge >= 0.3 is 0 Å². The molecule has 1 N–H and O–H groups in total. The number of fused-ring (bicyclic) bond motifs is 5. The van der Waals surface area contributed by atoms with E-state index in [1.807, 2.05) is 0 Å². The third-order valence-electron chi connectivity index (χ3n) is 19.1. The quantitative estimate of drug-likeness (QED) is 0.0330. The van der Waals surface area contributed by atoms with Gasteiger partial charge < -0.3 is 45.7 Å². The van der Waals surface area contributed by atoms with Crippen LogP contribution in [0, 0.1) is 7.43 Å². The Balaban J connectivity index is 0.00000400. The molecule has 0 amide bonds. The maximum absolute atomic E-state index is 14.3. The van der Waals surface area contributed by atoms with E-state index in [1.54, 1.807) is 0 Å². The van der Waals surface area contributed by atoms with Crippen LogP contribution in [0.25, 0.3) is 0 Å². The van der Waals surface area contributed by atoms with E-state index in [2.05, 4.69) is 185 Å².